The van der Waals surface area contributed by atoms with Crippen molar-refractivity contribution in [2.24, 2.45) is 11.7 Å². The molecular weight excluding hydrogens is 250 g/mol. The minimum Gasteiger partial charge on any atom is -0.339 e. The van der Waals surface area contributed by atoms with Crippen molar-refractivity contribution in [3.63, 3.8) is 0 Å². The Kier molecular flexibility index (Phi) is 4.11. The van der Waals surface area contributed by atoms with E-state index in [2.05, 4.69) is 22.3 Å². The van der Waals surface area contributed by atoms with Crippen LogP contribution in [0.25, 0.3) is 0 Å². The van der Waals surface area contributed by atoms with Gasteiger partial charge in [-0.15, -0.1) is 0 Å². The van der Waals surface area contributed by atoms with E-state index in [-0.39, 0.29) is 6.04 Å². The van der Waals surface area contributed by atoms with Gasteiger partial charge in [-0.05, 0) is 24.3 Å². The molecule has 1 heterocycles. The molecule has 0 spiro atoms. The number of nitrogens with zero attached hydrogens (tertiary/aromatic N) is 2. The Labute approximate surface area is 119 Å². The van der Waals surface area contributed by atoms with Crippen LogP contribution in [0.3, 0.4) is 0 Å². The van der Waals surface area contributed by atoms with Crippen molar-refractivity contribution in [3.8, 4) is 0 Å². The third kappa shape index (κ3) is 3.25. The van der Waals surface area contributed by atoms with Crippen molar-refractivity contribution in [1.29, 1.82) is 0 Å². The maximum Gasteiger partial charge on any atom is 0.226 e. The Morgan fingerprint density at radius 3 is 2.75 bits per heavy atom. The molecule has 0 aliphatic heterocycles. The van der Waals surface area contributed by atoms with Gasteiger partial charge in [0.1, 0.15) is 0 Å². The van der Waals surface area contributed by atoms with Crippen LogP contribution >= 0.6 is 0 Å². The Morgan fingerprint density at radius 1 is 1.15 bits per heavy atom. The number of aromatic nitrogens is 2. The van der Waals surface area contributed by atoms with Gasteiger partial charge in [0.25, 0.3) is 0 Å². The molecule has 2 aromatic rings. The summed E-state index contributed by atoms with van der Waals surface area (Å²) in [4.78, 5) is 4.50. The van der Waals surface area contributed by atoms with Gasteiger partial charge in [-0.1, -0.05) is 48.3 Å². The number of hydrogen-bond donors (Lipinski definition) is 1. The zero-order valence-corrected chi connectivity index (χ0v) is 11.7. The molecule has 1 aromatic heterocycles. The molecule has 1 aliphatic rings. The Hall–Kier alpha value is -1.68. The monoisotopic (exact) mass is 271 g/mol. The quantitative estimate of drug-likeness (QED) is 0.928. The van der Waals surface area contributed by atoms with Gasteiger partial charge in [-0.3, -0.25) is 0 Å². The highest BCUT2D eigenvalue weighted by molar-refractivity contribution is 5.18. The Morgan fingerprint density at radius 2 is 1.95 bits per heavy atom. The van der Waals surface area contributed by atoms with E-state index in [1.165, 1.54) is 24.8 Å². The second-order valence-corrected chi connectivity index (χ2v) is 5.68. The van der Waals surface area contributed by atoms with Crippen LogP contribution in [-0.2, 0) is 12.8 Å². The molecule has 106 valence electrons. The molecule has 3 rings (SSSR count). The van der Waals surface area contributed by atoms with E-state index in [0.717, 1.165) is 31.0 Å². The fourth-order valence-corrected chi connectivity index (χ4v) is 2.94. The van der Waals surface area contributed by atoms with E-state index < -0.39 is 0 Å². The molecule has 2 unspecified atom stereocenters. The lowest BCUT2D eigenvalue weighted by Crippen LogP contribution is -2.34. The maximum atomic E-state index is 6.17. The summed E-state index contributed by atoms with van der Waals surface area (Å²) in [5.74, 6) is 1.99. The van der Waals surface area contributed by atoms with E-state index in [4.69, 9.17) is 10.3 Å². The topological polar surface area (TPSA) is 64.9 Å². The summed E-state index contributed by atoms with van der Waals surface area (Å²) < 4.78 is 5.37. The van der Waals surface area contributed by atoms with E-state index in [1.807, 2.05) is 18.2 Å². The summed E-state index contributed by atoms with van der Waals surface area (Å²) in [7, 11) is 0. The highest BCUT2D eigenvalue weighted by Gasteiger charge is 2.24. The molecule has 20 heavy (non-hydrogen) atoms. The summed E-state index contributed by atoms with van der Waals surface area (Å²) >= 11 is 0. The molecule has 2 N–H and O–H groups in total. The van der Waals surface area contributed by atoms with Gasteiger partial charge in [0.2, 0.25) is 5.89 Å². The van der Waals surface area contributed by atoms with Crippen LogP contribution in [0.4, 0.5) is 0 Å². The smallest absolute Gasteiger partial charge is 0.226 e. The van der Waals surface area contributed by atoms with Crippen molar-refractivity contribution < 1.29 is 4.52 Å². The molecule has 1 fully saturated rings. The fraction of sp³-hybridized carbons (Fsp3) is 0.500. The van der Waals surface area contributed by atoms with Crippen LogP contribution in [0, 0.1) is 5.92 Å². The molecule has 4 nitrogen and oxygen atoms in total. The van der Waals surface area contributed by atoms with Gasteiger partial charge >= 0.3 is 0 Å². The molecule has 0 saturated heterocycles. The molecule has 0 amide bonds. The first kappa shape index (κ1) is 13.3. The van der Waals surface area contributed by atoms with Crippen LogP contribution < -0.4 is 5.73 Å². The van der Waals surface area contributed by atoms with Crippen LogP contribution in [-0.4, -0.2) is 16.2 Å². The highest BCUT2D eigenvalue weighted by atomic mass is 16.5. The summed E-state index contributed by atoms with van der Waals surface area (Å²) in [6.45, 7) is 0. The zero-order chi connectivity index (χ0) is 13.8. The standard InChI is InChI=1S/C16H21N3O/c17-14-9-5-4-8-13(14)11-16-18-15(19-20-16)10-12-6-2-1-3-7-12/h1-3,6-7,13-14H,4-5,8-11,17H2. The van der Waals surface area contributed by atoms with Gasteiger partial charge in [0.05, 0.1) is 0 Å². The van der Waals surface area contributed by atoms with Gasteiger partial charge < -0.3 is 10.3 Å². The Bertz CT molecular complexity index is 538. The third-order valence-corrected chi connectivity index (χ3v) is 4.12. The molecule has 1 aromatic carbocycles. The lowest BCUT2D eigenvalue weighted by atomic mass is 9.83. The van der Waals surface area contributed by atoms with Crippen LogP contribution in [0.15, 0.2) is 34.9 Å². The normalized spacial score (nSPS) is 22.9. The predicted octanol–water partition coefficient (Wildman–Crippen LogP) is 2.72. The van der Waals surface area contributed by atoms with Crippen molar-refractivity contribution in [2.75, 3.05) is 0 Å². The average molecular weight is 271 g/mol. The minimum absolute atomic E-state index is 0.285. The lowest BCUT2D eigenvalue weighted by Gasteiger charge is -2.27. The van der Waals surface area contributed by atoms with E-state index in [0.29, 0.717) is 5.92 Å². The Balaban J connectivity index is 1.62. The van der Waals surface area contributed by atoms with Crippen molar-refractivity contribution in [1.82, 2.24) is 10.1 Å². The van der Waals surface area contributed by atoms with Crippen LogP contribution in [0.2, 0.25) is 0 Å². The number of hydrogen-bond acceptors (Lipinski definition) is 4. The maximum absolute atomic E-state index is 6.17. The van der Waals surface area contributed by atoms with Crippen LogP contribution in [0.1, 0.15) is 43.0 Å². The number of rotatable bonds is 4. The van der Waals surface area contributed by atoms with Crippen molar-refractivity contribution in [3.05, 3.63) is 47.6 Å². The molecule has 1 saturated carbocycles. The number of nitrogens with two attached hydrogens (primary N) is 1. The third-order valence-electron chi connectivity index (χ3n) is 4.12. The summed E-state index contributed by atoms with van der Waals surface area (Å²) in [5.41, 5.74) is 7.37. The first-order valence-corrected chi connectivity index (χ1v) is 7.42. The van der Waals surface area contributed by atoms with Gasteiger partial charge in [0.15, 0.2) is 5.82 Å². The first-order chi connectivity index (χ1) is 9.81. The molecule has 0 radical (unpaired) electrons. The van der Waals surface area contributed by atoms with Crippen molar-refractivity contribution in [2.45, 2.75) is 44.6 Å². The second kappa shape index (κ2) is 6.18. The summed E-state index contributed by atoms with van der Waals surface area (Å²) in [5, 5.41) is 4.08. The van der Waals surface area contributed by atoms with Crippen molar-refractivity contribution >= 4 is 0 Å². The van der Waals surface area contributed by atoms with E-state index in [1.54, 1.807) is 0 Å². The highest BCUT2D eigenvalue weighted by Crippen LogP contribution is 2.25. The largest absolute Gasteiger partial charge is 0.339 e. The average Bonchev–Trinajstić information content (AvgIpc) is 2.90. The van der Waals surface area contributed by atoms with Crippen LogP contribution in [0.5, 0.6) is 0 Å². The second-order valence-electron chi connectivity index (χ2n) is 5.68. The predicted molar refractivity (Wildman–Crippen MR) is 77.2 cm³/mol. The van der Waals surface area contributed by atoms with Gasteiger partial charge in [-0.2, -0.15) is 4.98 Å². The molecule has 2 atom stereocenters. The zero-order valence-electron chi connectivity index (χ0n) is 11.7. The molecule has 1 aliphatic carbocycles. The first-order valence-electron chi connectivity index (χ1n) is 7.42. The molecular formula is C16H21N3O. The van der Waals surface area contributed by atoms with Gasteiger partial charge in [0, 0.05) is 18.9 Å². The lowest BCUT2D eigenvalue weighted by molar-refractivity contribution is 0.273. The number of benzene rings is 1. The summed E-state index contributed by atoms with van der Waals surface area (Å²) in [6, 6.07) is 10.5. The van der Waals surface area contributed by atoms with E-state index in [9.17, 15) is 0 Å². The molecule has 0 bridgehead atoms. The van der Waals surface area contributed by atoms with Gasteiger partial charge in [-0.25, -0.2) is 0 Å². The minimum atomic E-state index is 0.285. The molecule has 4 heteroatoms. The summed E-state index contributed by atoms with van der Waals surface area (Å²) in [6.07, 6.45) is 6.36. The SMILES string of the molecule is NC1CCCCC1Cc1nc(Cc2ccccc2)no1. The van der Waals surface area contributed by atoms with E-state index >= 15 is 0 Å². The fourth-order valence-electron chi connectivity index (χ4n) is 2.94.